The number of quaternary nitrogens is 1. The lowest BCUT2D eigenvalue weighted by molar-refractivity contribution is -0.894. The Labute approximate surface area is 535 Å². The number of halogens is 1. The highest BCUT2D eigenvalue weighted by atomic mass is 79.9. The molecule has 8 atom stereocenters. The number of nitrogens with one attached hydrogen (secondary N) is 3. The van der Waals surface area contributed by atoms with Crippen LogP contribution < -0.4 is 52.1 Å². The van der Waals surface area contributed by atoms with Crippen molar-refractivity contribution in [3.8, 4) is 11.5 Å². The molecule has 90 heavy (non-hydrogen) atoms. The Morgan fingerprint density at radius 3 is 1.58 bits per heavy atom. The van der Waals surface area contributed by atoms with Gasteiger partial charge in [0.2, 0.25) is 0 Å². The number of rotatable bonds is 26. The van der Waals surface area contributed by atoms with Crippen LogP contribution in [-0.2, 0) is 37.9 Å². The van der Waals surface area contributed by atoms with Crippen molar-refractivity contribution in [2.45, 2.75) is 135 Å². The molecule has 0 radical (unpaired) electrons. The van der Waals surface area contributed by atoms with Crippen molar-refractivity contribution < 1.29 is 51.5 Å². The maximum Gasteiger partial charge on any atom is 0.330 e. The summed E-state index contributed by atoms with van der Waals surface area (Å²) >= 11 is 3.49. The van der Waals surface area contributed by atoms with Crippen LogP contribution in [0.4, 0.5) is 0 Å². The molecule has 2 aromatic heterocycles. The van der Waals surface area contributed by atoms with E-state index in [4.69, 9.17) is 37.2 Å². The molecule has 2 saturated heterocycles. The summed E-state index contributed by atoms with van der Waals surface area (Å²) in [5, 5.41) is 1.97. The number of nitrogens with zero attached hydrogens (tertiary/aromatic N) is 2. The fourth-order valence-corrected chi connectivity index (χ4v) is 18.1. The number of H-pyrrole nitrogens is 2. The minimum Gasteiger partial charge on any atom is -0.756 e. The molecule has 2 aliphatic heterocycles. The molecule has 1 unspecified atom stereocenters. The molecular weight excluding hydrogens is 1250 g/mol. The monoisotopic (exact) mass is 1330 g/mol. The second kappa shape index (κ2) is 31.2. The van der Waals surface area contributed by atoms with Crippen LogP contribution in [0.25, 0.3) is 0 Å². The summed E-state index contributed by atoms with van der Waals surface area (Å²) < 4.78 is 69.9. The summed E-state index contributed by atoms with van der Waals surface area (Å²) in [5.41, 5.74) is -1.48. The van der Waals surface area contributed by atoms with Crippen molar-refractivity contribution in [2.75, 3.05) is 45.8 Å². The van der Waals surface area contributed by atoms with Crippen molar-refractivity contribution in [1.82, 2.24) is 19.1 Å². The second-order valence-electron chi connectivity index (χ2n) is 23.5. The van der Waals surface area contributed by atoms with Gasteiger partial charge in [0, 0.05) is 41.7 Å². The number of aryl methyl sites for hydroxylation is 2. The number of alkyl halides is 1. The molecule has 5 aromatic carbocycles. The minimum atomic E-state index is -5.53. The molecule has 4 heterocycles. The van der Waals surface area contributed by atoms with Gasteiger partial charge in [-0.25, -0.2) is 9.59 Å². The molecule has 0 bridgehead atoms. The number of ether oxygens (including phenoxy) is 5. The number of benzene rings is 5. The fraction of sp³-hybridized carbons (Fsp3) is 0.412. The third-order valence-electron chi connectivity index (χ3n) is 16.8. The van der Waals surface area contributed by atoms with E-state index in [0.29, 0.717) is 39.9 Å². The molecule has 2 fully saturated rings. The molecule has 7 aromatic rings. The van der Waals surface area contributed by atoms with Gasteiger partial charge >= 0.3 is 11.4 Å². The van der Waals surface area contributed by atoms with E-state index in [-0.39, 0.29) is 37.0 Å². The van der Waals surface area contributed by atoms with Gasteiger partial charge < -0.3 is 47.0 Å². The van der Waals surface area contributed by atoms with Gasteiger partial charge in [-0.3, -0.25) is 33.3 Å². The zero-order valence-corrected chi connectivity index (χ0v) is 56.4. The molecule has 19 nitrogen and oxygen atoms in total. The first kappa shape index (κ1) is 69.3. The molecule has 9 rings (SSSR count). The van der Waals surface area contributed by atoms with E-state index in [9.17, 15) is 19.2 Å². The smallest absolute Gasteiger partial charge is 0.330 e. The number of aromatic nitrogens is 4. The van der Waals surface area contributed by atoms with Crippen LogP contribution in [0.1, 0.15) is 107 Å². The highest BCUT2D eigenvalue weighted by molar-refractivity contribution is 9.09. The van der Waals surface area contributed by atoms with E-state index in [0.717, 1.165) is 10.4 Å². The van der Waals surface area contributed by atoms with Gasteiger partial charge in [-0.1, -0.05) is 164 Å². The predicted molar refractivity (Wildman–Crippen MR) is 352 cm³/mol. The molecule has 2 aliphatic rings. The van der Waals surface area contributed by atoms with Crippen LogP contribution in [0.3, 0.4) is 0 Å². The van der Waals surface area contributed by atoms with Crippen molar-refractivity contribution in [3.63, 3.8) is 0 Å². The Kier molecular flexibility index (Phi) is 24.0. The van der Waals surface area contributed by atoms with Gasteiger partial charge in [-0.2, -0.15) is 0 Å². The van der Waals surface area contributed by atoms with Crippen LogP contribution in [0.2, 0.25) is 5.04 Å². The number of phosphoric ester groups is 1. The van der Waals surface area contributed by atoms with Gasteiger partial charge in [0.1, 0.15) is 41.8 Å². The second-order valence-corrected chi connectivity index (χ2v) is 29.8. The maximum absolute atomic E-state index is 15.2. The lowest BCUT2D eigenvalue weighted by atomic mass is 9.80. The molecule has 3 N–H and O–H groups in total. The summed E-state index contributed by atoms with van der Waals surface area (Å²) in [6.07, 6.45) is -1.37. The molecule has 0 aliphatic carbocycles. The maximum atomic E-state index is 15.2. The summed E-state index contributed by atoms with van der Waals surface area (Å²) in [5.74, 6) is 1.20. The first-order valence-corrected chi connectivity index (χ1v) is 35.1. The Morgan fingerprint density at radius 1 is 0.678 bits per heavy atom. The third-order valence-corrected chi connectivity index (χ3v) is 23.4. The Morgan fingerprint density at radius 2 is 1.13 bits per heavy atom. The van der Waals surface area contributed by atoms with Crippen LogP contribution in [0, 0.1) is 13.8 Å². The van der Waals surface area contributed by atoms with Crippen LogP contribution in [-0.4, -0.2) is 104 Å². The summed E-state index contributed by atoms with van der Waals surface area (Å²) in [7, 11) is -5.83. The molecule has 0 spiro atoms. The molecular formula is C68H85BrN5O14PSi. The first-order chi connectivity index (χ1) is 43.1. The highest BCUT2D eigenvalue weighted by Crippen LogP contribution is 2.51. The van der Waals surface area contributed by atoms with E-state index >= 15 is 9.46 Å². The lowest BCUT2D eigenvalue weighted by Crippen LogP contribution is -3.11. The van der Waals surface area contributed by atoms with E-state index < -0.39 is 92.3 Å². The highest BCUT2D eigenvalue weighted by Gasteiger charge is 2.55. The van der Waals surface area contributed by atoms with Crippen LogP contribution >= 0.6 is 23.8 Å². The number of phosphoric acid groups is 1. The largest absolute Gasteiger partial charge is 0.756 e. The SMILES string of the molecule is CC[NH+](CC)CC.COc1ccc(C(OC[C@H]2O[C@@H](n3cc(C)c(=O)[nH]c3=O)C[C@@H]2OP(=O)([O-])O[C@@H](C/C=C/CCBr)[C@H]2O[C@@H](n3cc(C)c(=O)[nH]c3=O)C[C@@H]2O[Si](c2ccccc2)(c2ccccc2)C(C)(C)C)(c2ccccc2)c2ccc(OC)cc2)cc1. The van der Waals surface area contributed by atoms with Crippen molar-refractivity contribution in [1.29, 1.82) is 0 Å². The average molecular weight is 1340 g/mol. The van der Waals surface area contributed by atoms with Crippen LogP contribution in [0.5, 0.6) is 11.5 Å². The van der Waals surface area contributed by atoms with Gasteiger partial charge in [-0.15, -0.1) is 0 Å². The number of allylic oxidation sites excluding steroid dienone is 1. The number of aromatic amines is 2. The number of hydrogen-bond donors (Lipinski definition) is 3. The normalized spacial score (nSPS) is 19.7. The minimum absolute atomic E-state index is 0.0220. The van der Waals surface area contributed by atoms with Gasteiger partial charge in [0.25, 0.3) is 27.3 Å². The fourth-order valence-electron chi connectivity index (χ4n) is 12.0. The Balaban J connectivity index is 0.00000141. The van der Waals surface area contributed by atoms with Crippen molar-refractivity contribution in [2.24, 2.45) is 0 Å². The Bertz CT molecular complexity index is 3660. The van der Waals surface area contributed by atoms with E-state index in [1.54, 1.807) is 32.1 Å². The predicted octanol–water partition coefficient (Wildman–Crippen LogP) is 8.15. The van der Waals surface area contributed by atoms with Crippen LogP contribution in [0.15, 0.2) is 183 Å². The number of hydrogen-bond acceptors (Lipinski definition) is 14. The molecule has 22 heteroatoms. The van der Waals surface area contributed by atoms with Gasteiger partial charge in [-0.05, 0) is 104 Å². The zero-order chi connectivity index (χ0) is 64.8. The zero-order valence-electron chi connectivity index (χ0n) is 52.9. The summed E-state index contributed by atoms with van der Waals surface area (Å²) in [4.78, 5) is 74.3. The Hall–Kier alpha value is -6.59. The first-order valence-electron chi connectivity index (χ1n) is 30.6. The standard InChI is InChI=1S/C62H70BrN4O14PSi.C6H15N/c1-41-38-66(59(70)64-57(41)68)54-36-51(53(77-54)40-76-62(43-20-12-8-13-21-43,44-27-31-46(74-6)32-28-44)45-29-33-47(75-7)34-30-45)80-82(72,73)79-50(26-18-11-19-35-63)56-52(37-55(78-56)67-39-42(2)58(69)65-60(67)71)81-83(61(3,4)5,48-22-14-9-15-23-48)49-24-16-10-17-25-49;1-4-7(5-2)6-3/h8-18,20-25,27-34,38-39,50-56H,19,26,35-37,40H2,1-7H3,(H,72,73)(H,64,68,70)(H,65,69,71);4-6H2,1-3H3/b18-11+;/t50-,51-,52-,53+,54+,55+,56+;/m0./s1. The number of methoxy groups -OCH3 is 2. The van der Waals surface area contributed by atoms with E-state index in [1.807, 2.05) is 146 Å². The lowest BCUT2D eigenvalue weighted by Gasteiger charge is -2.46. The summed E-state index contributed by atoms with van der Waals surface area (Å²) in [6.45, 7) is 19.6. The third kappa shape index (κ3) is 16.0. The van der Waals surface area contributed by atoms with E-state index in [1.165, 1.54) is 48.1 Å². The topological polar surface area (TPSA) is 228 Å². The average Bonchev–Trinajstić information content (AvgIpc) is 1.09. The van der Waals surface area contributed by atoms with Gasteiger partial charge in [0.15, 0.2) is 0 Å². The van der Waals surface area contributed by atoms with Crippen molar-refractivity contribution >= 4 is 42.4 Å². The molecule has 482 valence electrons. The quantitative estimate of drug-likeness (QED) is 0.0153. The molecule has 0 amide bonds. The van der Waals surface area contributed by atoms with Gasteiger partial charge in [0.05, 0.1) is 58.8 Å². The summed E-state index contributed by atoms with van der Waals surface area (Å²) in [6, 6.07) is 44.1. The van der Waals surface area contributed by atoms with E-state index in [2.05, 4.69) is 67.4 Å². The van der Waals surface area contributed by atoms with Crippen molar-refractivity contribution in [3.05, 3.63) is 234 Å². The molecule has 0 saturated carbocycles.